The lowest BCUT2D eigenvalue weighted by Gasteiger charge is -2.25. The summed E-state index contributed by atoms with van der Waals surface area (Å²) >= 11 is 1.41. The summed E-state index contributed by atoms with van der Waals surface area (Å²) in [5.41, 5.74) is 5.20. The molecule has 1 amide bonds. The predicted octanol–water partition coefficient (Wildman–Crippen LogP) is 5.97. The number of nitrogens with zero attached hydrogens (tertiary/aromatic N) is 2. The molecule has 0 fully saturated rings. The third kappa shape index (κ3) is 5.46. The highest BCUT2D eigenvalue weighted by atomic mass is 32.2. The molecule has 33 heavy (non-hydrogen) atoms. The highest BCUT2D eigenvalue weighted by Crippen LogP contribution is 2.35. The van der Waals surface area contributed by atoms with Crippen molar-refractivity contribution in [1.82, 2.24) is 10.3 Å². The van der Waals surface area contributed by atoms with Crippen LogP contribution in [0.5, 0.6) is 0 Å². The second-order valence-electron chi connectivity index (χ2n) is 8.56. The van der Waals surface area contributed by atoms with Crippen molar-refractivity contribution < 1.29 is 4.79 Å². The molecular weight excluding hydrogens is 426 g/mol. The molecule has 1 aliphatic carbocycles. The van der Waals surface area contributed by atoms with Gasteiger partial charge in [0.15, 0.2) is 0 Å². The van der Waals surface area contributed by atoms with Gasteiger partial charge in [-0.2, -0.15) is 5.26 Å². The molecule has 4 nitrogen and oxygen atoms in total. The molecule has 3 atom stereocenters. The Morgan fingerprint density at radius 3 is 2.55 bits per heavy atom. The lowest BCUT2D eigenvalue weighted by atomic mass is 9.82. The van der Waals surface area contributed by atoms with E-state index in [1.807, 2.05) is 56.3 Å². The first-order valence-electron chi connectivity index (χ1n) is 11.6. The normalized spacial score (nSPS) is 16.8. The van der Waals surface area contributed by atoms with Crippen molar-refractivity contribution in [1.29, 1.82) is 5.26 Å². The first-order valence-corrected chi connectivity index (χ1v) is 12.5. The van der Waals surface area contributed by atoms with Crippen molar-refractivity contribution in [2.45, 2.75) is 61.8 Å². The molecule has 1 aromatic heterocycles. The Morgan fingerprint density at radius 1 is 1.18 bits per heavy atom. The summed E-state index contributed by atoms with van der Waals surface area (Å²) in [7, 11) is 0. The topological polar surface area (TPSA) is 65.8 Å². The summed E-state index contributed by atoms with van der Waals surface area (Å²) in [6, 6.07) is 24.8. The molecular formula is C28H29N3OS. The van der Waals surface area contributed by atoms with E-state index in [0.717, 1.165) is 36.1 Å². The number of aryl methyl sites for hydroxylation is 1. The minimum Gasteiger partial charge on any atom is -0.349 e. The number of pyridine rings is 1. The van der Waals surface area contributed by atoms with Crippen LogP contribution in [0.4, 0.5) is 0 Å². The number of carbonyl (C=O) groups excluding carboxylic acids is 1. The number of rotatable bonds is 7. The Kier molecular flexibility index (Phi) is 7.47. The van der Waals surface area contributed by atoms with Gasteiger partial charge < -0.3 is 5.32 Å². The zero-order valence-electron chi connectivity index (χ0n) is 19.1. The molecule has 1 N–H and O–H groups in total. The number of aromatic nitrogens is 1. The number of carbonyl (C=O) groups is 1. The molecule has 0 saturated heterocycles. The van der Waals surface area contributed by atoms with E-state index in [1.54, 1.807) is 0 Å². The number of hydrogen-bond acceptors (Lipinski definition) is 4. The molecule has 0 saturated carbocycles. The van der Waals surface area contributed by atoms with Gasteiger partial charge in [-0.25, -0.2) is 4.98 Å². The van der Waals surface area contributed by atoms with E-state index in [-0.39, 0.29) is 17.2 Å². The molecule has 168 valence electrons. The highest BCUT2D eigenvalue weighted by Gasteiger charge is 2.26. The number of nitriles is 1. The number of benzene rings is 2. The fourth-order valence-electron chi connectivity index (χ4n) is 4.41. The minimum atomic E-state index is -0.297. The van der Waals surface area contributed by atoms with E-state index < -0.39 is 0 Å². The zero-order valence-corrected chi connectivity index (χ0v) is 19.9. The first kappa shape index (κ1) is 23.1. The molecule has 4 rings (SSSR count). The molecule has 0 unspecified atom stereocenters. The summed E-state index contributed by atoms with van der Waals surface area (Å²) in [6.45, 7) is 3.99. The van der Waals surface area contributed by atoms with Crippen LogP contribution in [0.3, 0.4) is 0 Å². The Bertz CT molecular complexity index is 1140. The molecule has 0 aliphatic heterocycles. The van der Waals surface area contributed by atoms with Crippen molar-refractivity contribution in [3.8, 4) is 6.07 Å². The Labute approximate surface area is 200 Å². The lowest BCUT2D eigenvalue weighted by molar-refractivity contribution is -0.121. The summed E-state index contributed by atoms with van der Waals surface area (Å²) in [4.78, 5) is 17.9. The van der Waals surface area contributed by atoms with Crippen LogP contribution in [0.2, 0.25) is 0 Å². The van der Waals surface area contributed by atoms with Crippen LogP contribution in [0.15, 0.2) is 71.8 Å². The number of nitrogens with one attached hydrogen (secondary N) is 1. The molecule has 5 heteroatoms. The average molecular weight is 456 g/mol. The van der Waals surface area contributed by atoms with Crippen LogP contribution >= 0.6 is 11.8 Å². The average Bonchev–Trinajstić information content (AvgIpc) is 2.87. The lowest BCUT2D eigenvalue weighted by Crippen LogP contribution is -2.34. The summed E-state index contributed by atoms with van der Waals surface area (Å²) in [5.74, 6) is 0.436. The second-order valence-corrected chi connectivity index (χ2v) is 9.76. The van der Waals surface area contributed by atoms with Crippen molar-refractivity contribution >= 4 is 17.7 Å². The number of hydrogen-bond donors (Lipinski definition) is 1. The van der Waals surface area contributed by atoms with E-state index in [1.165, 1.54) is 17.3 Å². The van der Waals surface area contributed by atoms with Crippen LogP contribution < -0.4 is 5.32 Å². The fraction of sp³-hybridized carbons (Fsp3) is 0.321. The highest BCUT2D eigenvalue weighted by molar-refractivity contribution is 8.00. The van der Waals surface area contributed by atoms with Crippen molar-refractivity contribution in [2.75, 3.05) is 0 Å². The summed E-state index contributed by atoms with van der Waals surface area (Å²) < 4.78 is 0. The molecule has 2 aromatic carbocycles. The van der Waals surface area contributed by atoms with Gasteiger partial charge in [-0.3, -0.25) is 4.79 Å². The van der Waals surface area contributed by atoms with Crippen LogP contribution in [0.25, 0.3) is 0 Å². The quantitative estimate of drug-likeness (QED) is 0.446. The van der Waals surface area contributed by atoms with Gasteiger partial charge in [-0.05, 0) is 61.3 Å². The molecule has 1 aliphatic rings. The van der Waals surface area contributed by atoms with Gasteiger partial charge in [0.05, 0.1) is 16.9 Å². The van der Waals surface area contributed by atoms with E-state index in [2.05, 4.69) is 35.7 Å². The smallest absolute Gasteiger partial charge is 0.234 e. The molecule has 1 heterocycles. The van der Waals surface area contributed by atoms with Crippen molar-refractivity contribution in [3.63, 3.8) is 0 Å². The summed E-state index contributed by atoms with van der Waals surface area (Å²) in [6.07, 6.45) is 3.50. The van der Waals surface area contributed by atoms with Gasteiger partial charge in [0.2, 0.25) is 5.91 Å². The van der Waals surface area contributed by atoms with Crippen LogP contribution in [-0.4, -0.2) is 16.1 Å². The number of fused-ring (bicyclic) bond motifs is 1. The molecule has 3 aromatic rings. The van der Waals surface area contributed by atoms with Gasteiger partial charge in [0.1, 0.15) is 11.1 Å². The Morgan fingerprint density at radius 2 is 1.88 bits per heavy atom. The standard InChI is InChI=1S/C28H29N3OS/c1-3-26(27(32)30-19(2)20-10-6-4-7-11-20)33-28-24(18-29)17-23-16-22(14-15-25(23)31-28)21-12-8-5-9-13-21/h4-13,17,19,22,26H,3,14-16H2,1-2H3,(H,30,32)/t19-,22-,26+/m0/s1. The third-order valence-electron chi connectivity index (χ3n) is 6.32. The number of amides is 1. The van der Waals surface area contributed by atoms with Crippen LogP contribution in [0, 0.1) is 11.3 Å². The summed E-state index contributed by atoms with van der Waals surface area (Å²) in [5, 5.41) is 13.3. The van der Waals surface area contributed by atoms with Gasteiger partial charge in [0.25, 0.3) is 0 Å². The SMILES string of the molecule is CC[C@@H](Sc1nc2c(cc1C#N)C[C@@H](c1ccccc1)CC2)C(=O)N[C@@H](C)c1ccccc1. The van der Waals surface area contributed by atoms with E-state index in [0.29, 0.717) is 22.9 Å². The monoisotopic (exact) mass is 455 g/mol. The van der Waals surface area contributed by atoms with Crippen molar-refractivity contribution in [3.05, 3.63) is 94.7 Å². The van der Waals surface area contributed by atoms with E-state index in [4.69, 9.17) is 4.98 Å². The minimum absolute atomic E-state index is 0.0218. The van der Waals surface area contributed by atoms with Gasteiger partial charge in [0, 0.05) is 5.69 Å². The third-order valence-corrected chi connectivity index (χ3v) is 7.69. The van der Waals surface area contributed by atoms with Crippen molar-refractivity contribution in [2.24, 2.45) is 0 Å². The zero-order chi connectivity index (χ0) is 23.2. The molecule has 0 bridgehead atoms. The van der Waals surface area contributed by atoms with E-state index >= 15 is 0 Å². The van der Waals surface area contributed by atoms with Crippen LogP contribution in [0.1, 0.15) is 66.6 Å². The maximum atomic E-state index is 13.0. The first-order chi connectivity index (χ1) is 16.1. The second kappa shape index (κ2) is 10.7. The number of thioether (sulfide) groups is 1. The van der Waals surface area contributed by atoms with Gasteiger partial charge in [-0.1, -0.05) is 79.3 Å². The van der Waals surface area contributed by atoms with Gasteiger partial charge >= 0.3 is 0 Å². The fourth-order valence-corrected chi connectivity index (χ4v) is 5.42. The molecule has 0 spiro atoms. The molecule has 0 radical (unpaired) electrons. The maximum absolute atomic E-state index is 13.0. The van der Waals surface area contributed by atoms with Gasteiger partial charge in [-0.15, -0.1) is 0 Å². The Balaban J connectivity index is 1.49. The maximum Gasteiger partial charge on any atom is 0.234 e. The van der Waals surface area contributed by atoms with Crippen LogP contribution in [-0.2, 0) is 17.6 Å². The largest absolute Gasteiger partial charge is 0.349 e. The van der Waals surface area contributed by atoms with E-state index in [9.17, 15) is 10.1 Å². The Hall–Kier alpha value is -3.10. The predicted molar refractivity (Wildman–Crippen MR) is 133 cm³/mol.